The minimum Gasteiger partial charge on any atom is -0.476 e. The highest BCUT2D eigenvalue weighted by Crippen LogP contribution is 2.21. The number of carboxylic acids is 1. The van der Waals surface area contributed by atoms with Crippen LogP contribution in [-0.2, 0) is 9.53 Å². The van der Waals surface area contributed by atoms with Gasteiger partial charge >= 0.3 is 5.97 Å². The molecule has 1 aromatic carbocycles. The zero-order chi connectivity index (χ0) is 16.2. The lowest BCUT2D eigenvalue weighted by molar-refractivity contribution is -0.118. The van der Waals surface area contributed by atoms with Crippen LogP contribution in [0.3, 0.4) is 0 Å². The van der Waals surface area contributed by atoms with Gasteiger partial charge in [-0.2, -0.15) is 5.10 Å². The highest BCUT2D eigenvalue weighted by Gasteiger charge is 2.20. The van der Waals surface area contributed by atoms with Crippen molar-refractivity contribution in [3.63, 3.8) is 0 Å². The number of rotatable bonds is 5. The van der Waals surface area contributed by atoms with E-state index in [1.807, 2.05) is 0 Å². The fraction of sp³-hybridized carbons (Fsp3) is 0.312. The quantitative estimate of drug-likeness (QED) is 0.881. The summed E-state index contributed by atoms with van der Waals surface area (Å²) in [5.41, 5.74) is 1.14. The number of carbonyl (C=O) groups is 2. The Balaban J connectivity index is 1.76. The second-order valence-corrected chi connectivity index (χ2v) is 5.36. The number of aromatic nitrogens is 2. The summed E-state index contributed by atoms with van der Waals surface area (Å²) in [6, 6.07) is 8.53. The fourth-order valence-corrected chi connectivity index (χ4v) is 2.56. The summed E-state index contributed by atoms with van der Waals surface area (Å²) in [6.07, 6.45) is 3.73. The zero-order valence-corrected chi connectivity index (χ0v) is 12.4. The molecule has 1 atom stereocenters. The van der Waals surface area contributed by atoms with Gasteiger partial charge in [0.05, 0.1) is 23.9 Å². The standard InChI is InChI=1S/C16H17N3O4/c20-15(10-11-4-3-9-23-11)17-12-5-1-2-6-14(12)19-8-7-13(18-19)16(21)22/h1-2,5-8,11H,3-4,9-10H2,(H,17,20)(H,21,22). The zero-order valence-electron chi connectivity index (χ0n) is 12.4. The summed E-state index contributed by atoms with van der Waals surface area (Å²) in [5.74, 6) is -1.22. The first-order valence-corrected chi connectivity index (χ1v) is 7.43. The van der Waals surface area contributed by atoms with E-state index in [0.717, 1.165) is 12.8 Å². The molecule has 0 aliphatic carbocycles. The van der Waals surface area contributed by atoms with E-state index in [0.29, 0.717) is 24.4 Å². The number of carbonyl (C=O) groups excluding carboxylic acids is 1. The van der Waals surface area contributed by atoms with Crippen molar-refractivity contribution in [2.75, 3.05) is 11.9 Å². The van der Waals surface area contributed by atoms with Gasteiger partial charge in [0.2, 0.25) is 5.91 Å². The Kier molecular flexibility index (Phi) is 4.38. The van der Waals surface area contributed by atoms with Crippen LogP contribution < -0.4 is 5.32 Å². The van der Waals surface area contributed by atoms with Crippen molar-refractivity contribution in [2.24, 2.45) is 0 Å². The number of para-hydroxylation sites is 2. The molecule has 0 saturated carbocycles. The molecule has 2 heterocycles. The number of carboxylic acid groups (broad SMARTS) is 1. The molecule has 2 aromatic rings. The Morgan fingerprint density at radius 1 is 1.35 bits per heavy atom. The van der Waals surface area contributed by atoms with Crippen LogP contribution >= 0.6 is 0 Å². The Hall–Kier alpha value is -2.67. The maximum absolute atomic E-state index is 12.2. The van der Waals surface area contributed by atoms with Crippen LogP contribution in [-0.4, -0.2) is 39.5 Å². The number of hydrogen-bond donors (Lipinski definition) is 2. The van der Waals surface area contributed by atoms with E-state index in [-0.39, 0.29) is 17.7 Å². The summed E-state index contributed by atoms with van der Waals surface area (Å²) in [6.45, 7) is 0.708. The first-order chi connectivity index (χ1) is 11.1. The van der Waals surface area contributed by atoms with Crippen molar-refractivity contribution in [3.05, 3.63) is 42.2 Å². The molecule has 1 saturated heterocycles. The Bertz CT molecular complexity index is 720. The van der Waals surface area contributed by atoms with Crippen LogP contribution in [0.5, 0.6) is 0 Å². The third-order valence-electron chi connectivity index (χ3n) is 3.67. The number of anilines is 1. The number of benzene rings is 1. The minimum absolute atomic E-state index is 0.0227. The topological polar surface area (TPSA) is 93.5 Å². The predicted molar refractivity (Wildman–Crippen MR) is 82.7 cm³/mol. The molecule has 3 rings (SSSR count). The molecule has 0 radical (unpaired) electrons. The van der Waals surface area contributed by atoms with Gasteiger partial charge in [-0.3, -0.25) is 4.79 Å². The van der Waals surface area contributed by atoms with Crippen molar-refractivity contribution in [1.82, 2.24) is 9.78 Å². The van der Waals surface area contributed by atoms with Crippen molar-refractivity contribution in [2.45, 2.75) is 25.4 Å². The number of hydrogen-bond acceptors (Lipinski definition) is 4. The molecule has 7 heteroatoms. The third-order valence-corrected chi connectivity index (χ3v) is 3.67. The van der Waals surface area contributed by atoms with Crippen LogP contribution in [0.1, 0.15) is 29.8 Å². The van der Waals surface area contributed by atoms with E-state index in [1.54, 1.807) is 30.5 Å². The maximum atomic E-state index is 12.2. The first kappa shape index (κ1) is 15.2. The van der Waals surface area contributed by atoms with E-state index in [1.165, 1.54) is 10.7 Å². The lowest BCUT2D eigenvalue weighted by atomic mass is 10.1. The van der Waals surface area contributed by atoms with Crippen molar-refractivity contribution in [3.8, 4) is 5.69 Å². The number of amides is 1. The molecule has 1 aromatic heterocycles. The molecule has 2 N–H and O–H groups in total. The molecule has 1 unspecified atom stereocenters. The smallest absolute Gasteiger partial charge is 0.356 e. The summed E-state index contributed by atoms with van der Waals surface area (Å²) in [5, 5.41) is 15.8. The first-order valence-electron chi connectivity index (χ1n) is 7.43. The predicted octanol–water partition coefficient (Wildman–Crippen LogP) is 2.08. The van der Waals surface area contributed by atoms with Gasteiger partial charge in [-0.25, -0.2) is 9.48 Å². The minimum atomic E-state index is -1.09. The lowest BCUT2D eigenvalue weighted by Gasteiger charge is -2.13. The fourth-order valence-electron chi connectivity index (χ4n) is 2.56. The van der Waals surface area contributed by atoms with E-state index in [9.17, 15) is 9.59 Å². The Labute approximate surface area is 132 Å². The van der Waals surface area contributed by atoms with Crippen LogP contribution in [0.25, 0.3) is 5.69 Å². The van der Waals surface area contributed by atoms with Gasteiger partial charge in [-0.05, 0) is 31.0 Å². The van der Waals surface area contributed by atoms with E-state index >= 15 is 0 Å². The van der Waals surface area contributed by atoms with Crippen LogP contribution in [0.4, 0.5) is 5.69 Å². The summed E-state index contributed by atoms with van der Waals surface area (Å²) >= 11 is 0. The average molecular weight is 315 g/mol. The van der Waals surface area contributed by atoms with Crippen LogP contribution in [0.15, 0.2) is 36.5 Å². The number of aromatic carboxylic acids is 1. The summed E-state index contributed by atoms with van der Waals surface area (Å²) < 4.78 is 6.90. The van der Waals surface area contributed by atoms with Gasteiger partial charge in [0.25, 0.3) is 0 Å². The lowest BCUT2D eigenvalue weighted by Crippen LogP contribution is -2.20. The molecule has 120 valence electrons. The molecule has 0 spiro atoms. The molecule has 7 nitrogen and oxygen atoms in total. The van der Waals surface area contributed by atoms with Crippen molar-refractivity contribution >= 4 is 17.6 Å². The van der Waals surface area contributed by atoms with E-state index in [2.05, 4.69) is 10.4 Å². The highest BCUT2D eigenvalue weighted by molar-refractivity contribution is 5.93. The SMILES string of the molecule is O=C(CC1CCCO1)Nc1ccccc1-n1ccc(C(=O)O)n1. The van der Waals surface area contributed by atoms with Crippen LogP contribution in [0, 0.1) is 0 Å². The largest absolute Gasteiger partial charge is 0.476 e. The van der Waals surface area contributed by atoms with Gasteiger partial charge in [0.15, 0.2) is 5.69 Å². The molecular formula is C16H17N3O4. The van der Waals surface area contributed by atoms with Gasteiger partial charge in [0.1, 0.15) is 0 Å². The molecule has 23 heavy (non-hydrogen) atoms. The van der Waals surface area contributed by atoms with E-state index in [4.69, 9.17) is 9.84 Å². The summed E-state index contributed by atoms with van der Waals surface area (Å²) in [7, 11) is 0. The molecule has 1 amide bonds. The number of nitrogens with one attached hydrogen (secondary N) is 1. The molecular weight excluding hydrogens is 298 g/mol. The number of nitrogens with zero attached hydrogens (tertiary/aromatic N) is 2. The maximum Gasteiger partial charge on any atom is 0.356 e. The van der Waals surface area contributed by atoms with E-state index < -0.39 is 5.97 Å². The monoisotopic (exact) mass is 315 g/mol. The van der Waals surface area contributed by atoms with Gasteiger partial charge in [-0.15, -0.1) is 0 Å². The second-order valence-electron chi connectivity index (χ2n) is 5.36. The molecule has 1 aliphatic rings. The van der Waals surface area contributed by atoms with Crippen molar-refractivity contribution in [1.29, 1.82) is 0 Å². The van der Waals surface area contributed by atoms with Crippen LogP contribution in [0.2, 0.25) is 0 Å². The Morgan fingerprint density at radius 3 is 2.87 bits per heavy atom. The average Bonchev–Trinajstić information content (AvgIpc) is 3.19. The van der Waals surface area contributed by atoms with Gasteiger partial charge < -0.3 is 15.2 Å². The Morgan fingerprint density at radius 2 is 2.17 bits per heavy atom. The molecule has 1 aliphatic heterocycles. The molecule has 1 fully saturated rings. The molecule has 0 bridgehead atoms. The highest BCUT2D eigenvalue weighted by atomic mass is 16.5. The third kappa shape index (κ3) is 3.57. The normalized spacial score (nSPS) is 17.1. The van der Waals surface area contributed by atoms with Gasteiger partial charge in [-0.1, -0.05) is 12.1 Å². The summed E-state index contributed by atoms with van der Waals surface area (Å²) in [4.78, 5) is 23.1. The van der Waals surface area contributed by atoms with Crippen molar-refractivity contribution < 1.29 is 19.4 Å². The number of ether oxygens (including phenoxy) is 1. The second kappa shape index (κ2) is 6.62. The van der Waals surface area contributed by atoms with Gasteiger partial charge in [0, 0.05) is 12.8 Å².